The molecule has 0 aromatic heterocycles. The standard InChI is InChI=1S/C10H9N3O3S/c11-10(12)13-9(14)7-1-2-8-6(5-7)3-4-17(8,15)16/h1-5H,(H4,11,12,13,14). The van der Waals surface area contributed by atoms with E-state index in [1.54, 1.807) is 0 Å². The van der Waals surface area contributed by atoms with Crippen molar-refractivity contribution in [2.75, 3.05) is 0 Å². The third kappa shape index (κ3) is 2.04. The van der Waals surface area contributed by atoms with Crippen molar-refractivity contribution >= 4 is 27.8 Å². The summed E-state index contributed by atoms with van der Waals surface area (Å²) in [6, 6.07) is 4.17. The first-order valence-electron chi connectivity index (χ1n) is 4.61. The van der Waals surface area contributed by atoms with Gasteiger partial charge in [-0.25, -0.2) is 8.42 Å². The number of amides is 1. The minimum atomic E-state index is -3.35. The molecule has 1 amide bonds. The van der Waals surface area contributed by atoms with Gasteiger partial charge in [0.25, 0.3) is 5.91 Å². The van der Waals surface area contributed by atoms with Gasteiger partial charge in [-0.3, -0.25) is 4.79 Å². The van der Waals surface area contributed by atoms with Crippen LogP contribution >= 0.6 is 0 Å². The normalized spacial score (nSPS) is 15.3. The van der Waals surface area contributed by atoms with Crippen molar-refractivity contribution in [3.8, 4) is 0 Å². The summed E-state index contributed by atoms with van der Waals surface area (Å²) in [6.07, 6.45) is 1.43. The van der Waals surface area contributed by atoms with Crippen molar-refractivity contribution in [3.63, 3.8) is 0 Å². The molecule has 1 aliphatic rings. The van der Waals surface area contributed by atoms with E-state index in [0.29, 0.717) is 5.56 Å². The molecule has 1 aromatic carbocycles. The van der Waals surface area contributed by atoms with E-state index in [0.717, 1.165) is 5.41 Å². The predicted molar refractivity (Wildman–Crippen MR) is 62.8 cm³/mol. The molecule has 2 rings (SSSR count). The SMILES string of the molecule is NC(N)=NC(=O)c1ccc2c(c1)C=CS2(=O)=O. The third-order valence-corrected chi connectivity index (χ3v) is 3.70. The highest BCUT2D eigenvalue weighted by atomic mass is 32.2. The van der Waals surface area contributed by atoms with E-state index in [1.807, 2.05) is 0 Å². The second kappa shape index (κ2) is 3.70. The van der Waals surface area contributed by atoms with E-state index in [2.05, 4.69) is 4.99 Å². The summed E-state index contributed by atoms with van der Waals surface area (Å²) in [5.74, 6) is -0.941. The van der Waals surface area contributed by atoms with E-state index < -0.39 is 15.7 Å². The fraction of sp³-hybridized carbons (Fsp3) is 0. The van der Waals surface area contributed by atoms with Crippen molar-refractivity contribution in [1.82, 2.24) is 0 Å². The summed E-state index contributed by atoms with van der Waals surface area (Å²) >= 11 is 0. The molecule has 0 spiro atoms. The highest BCUT2D eigenvalue weighted by molar-refractivity contribution is 7.94. The van der Waals surface area contributed by atoms with Crippen LogP contribution in [0.4, 0.5) is 0 Å². The highest BCUT2D eigenvalue weighted by Crippen LogP contribution is 2.27. The fourth-order valence-electron chi connectivity index (χ4n) is 1.49. The van der Waals surface area contributed by atoms with Crippen molar-refractivity contribution in [2.45, 2.75) is 4.90 Å². The average molecular weight is 251 g/mol. The van der Waals surface area contributed by atoms with Gasteiger partial charge in [0.2, 0.25) is 0 Å². The van der Waals surface area contributed by atoms with Crippen molar-refractivity contribution in [2.24, 2.45) is 16.5 Å². The number of hydrogen-bond acceptors (Lipinski definition) is 3. The number of carbonyl (C=O) groups is 1. The topological polar surface area (TPSA) is 116 Å². The van der Waals surface area contributed by atoms with Gasteiger partial charge in [-0.2, -0.15) is 4.99 Å². The number of hydrogen-bond donors (Lipinski definition) is 2. The van der Waals surface area contributed by atoms with Crippen molar-refractivity contribution in [3.05, 3.63) is 34.7 Å². The Morgan fingerprint density at radius 2 is 1.94 bits per heavy atom. The van der Waals surface area contributed by atoms with Crippen LogP contribution in [0.2, 0.25) is 0 Å². The lowest BCUT2D eigenvalue weighted by Gasteiger charge is -2.00. The molecule has 0 saturated heterocycles. The number of rotatable bonds is 1. The molecule has 6 nitrogen and oxygen atoms in total. The lowest BCUT2D eigenvalue weighted by atomic mass is 10.1. The molecule has 4 N–H and O–H groups in total. The highest BCUT2D eigenvalue weighted by Gasteiger charge is 2.21. The van der Waals surface area contributed by atoms with Gasteiger partial charge < -0.3 is 11.5 Å². The summed E-state index contributed by atoms with van der Waals surface area (Å²) in [7, 11) is -3.35. The van der Waals surface area contributed by atoms with Crippen LogP contribution in [0.5, 0.6) is 0 Å². The molecule has 0 aliphatic carbocycles. The maximum Gasteiger partial charge on any atom is 0.280 e. The Morgan fingerprint density at radius 3 is 2.59 bits per heavy atom. The van der Waals surface area contributed by atoms with E-state index in [9.17, 15) is 13.2 Å². The number of aliphatic imine (C=N–C) groups is 1. The van der Waals surface area contributed by atoms with Gasteiger partial charge >= 0.3 is 0 Å². The van der Waals surface area contributed by atoms with E-state index in [-0.39, 0.29) is 16.4 Å². The number of fused-ring (bicyclic) bond motifs is 1. The molecular formula is C10H9N3O3S. The van der Waals surface area contributed by atoms with Crippen molar-refractivity contribution < 1.29 is 13.2 Å². The summed E-state index contributed by atoms with van der Waals surface area (Å²) in [5.41, 5.74) is 10.9. The summed E-state index contributed by atoms with van der Waals surface area (Å²) < 4.78 is 22.9. The van der Waals surface area contributed by atoms with Gasteiger partial charge in [0.1, 0.15) is 0 Å². The fourth-order valence-corrected chi connectivity index (χ4v) is 2.67. The quantitative estimate of drug-likeness (QED) is 0.532. The molecule has 0 bridgehead atoms. The molecule has 0 radical (unpaired) electrons. The second-order valence-corrected chi connectivity index (χ2v) is 5.24. The first-order valence-corrected chi connectivity index (χ1v) is 6.16. The molecule has 17 heavy (non-hydrogen) atoms. The Bertz CT molecular complexity index is 655. The summed E-state index contributed by atoms with van der Waals surface area (Å²) in [5, 5.41) is 1.09. The minimum Gasteiger partial charge on any atom is -0.370 e. The molecule has 0 unspecified atom stereocenters. The van der Waals surface area contributed by atoms with Crippen LogP contribution in [-0.4, -0.2) is 20.3 Å². The minimum absolute atomic E-state index is 0.179. The maximum absolute atomic E-state index is 11.5. The zero-order valence-electron chi connectivity index (χ0n) is 8.62. The Labute approximate surface area is 97.6 Å². The summed E-state index contributed by atoms with van der Waals surface area (Å²) in [4.78, 5) is 15.0. The zero-order valence-corrected chi connectivity index (χ0v) is 9.44. The monoisotopic (exact) mass is 251 g/mol. The maximum atomic E-state index is 11.5. The number of guanidine groups is 1. The average Bonchev–Trinajstić information content (AvgIpc) is 2.53. The first-order chi connectivity index (χ1) is 7.90. The van der Waals surface area contributed by atoms with Crippen LogP contribution in [-0.2, 0) is 9.84 Å². The van der Waals surface area contributed by atoms with Gasteiger partial charge in [-0.15, -0.1) is 0 Å². The smallest absolute Gasteiger partial charge is 0.280 e. The number of nitrogens with two attached hydrogens (primary N) is 2. The third-order valence-electron chi connectivity index (χ3n) is 2.22. The molecule has 0 fully saturated rings. The summed E-state index contributed by atoms with van der Waals surface area (Å²) in [6.45, 7) is 0. The molecule has 1 aromatic rings. The number of nitrogens with zero attached hydrogens (tertiary/aromatic N) is 1. The molecule has 1 aliphatic heterocycles. The van der Waals surface area contributed by atoms with E-state index in [4.69, 9.17) is 11.5 Å². The molecule has 7 heteroatoms. The molecule has 1 heterocycles. The van der Waals surface area contributed by atoms with E-state index in [1.165, 1.54) is 24.3 Å². The lowest BCUT2D eigenvalue weighted by molar-refractivity contribution is 0.100. The van der Waals surface area contributed by atoms with E-state index >= 15 is 0 Å². The number of sulfone groups is 1. The molecule has 0 saturated carbocycles. The van der Waals surface area contributed by atoms with Crippen LogP contribution < -0.4 is 11.5 Å². The van der Waals surface area contributed by atoms with Crippen LogP contribution in [0, 0.1) is 0 Å². The Morgan fingerprint density at radius 1 is 1.24 bits per heavy atom. The van der Waals surface area contributed by atoms with Gasteiger partial charge in [-0.05, 0) is 29.8 Å². The Hall–Kier alpha value is -2.15. The number of benzene rings is 1. The van der Waals surface area contributed by atoms with Crippen LogP contribution in [0.3, 0.4) is 0 Å². The van der Waals surface area contributed by atoms with Crippen molar-refractivity contribution in [1.29, 1.82) is 0 Å². The van der Waals surface area contributed by atoms with Gasteiger partial charge in [0.15, 0.2) is 15.8 Å². The zero-order chi connectivity index (χ0) is 12.6. The van der Waals surface area contributed by atoms with Gasteiger partial charge in [0, 0.05) is 11.0 Å². The largest absolute Gasteiger partial charge is 0.370 e. The Balaban J connectivity index is 2.47. The predicted octanol–water partition coefficient (Wildman–Crippen LogP) is -0.142. The Kier molecular flexibility index (Phi) is 2.47. The number of carbonyl (C=O) groups excluding carboxylic acids is 1. The van der Waals surface area contributed by atoms with Crippen LogP contribution in [0.1, 0.15) is 15.9 Å². The van der Waals surface area contributed by atoms with Gasteiger partial charge in [0.05, 0.1) is 4.90 Å². The van der Waals surface area contributed by atoms with Gasteiger partial charge in [-0.1, -0.05) is 0 Å². The first kappa shape index (κ1) is 11.3. The molecule has 88 valence electrons. The molecule has 0 atom stereocenters. The van der Waals surface area contributed by atoms with Crippen LogP contribution in [0.15, 0.2) is 33.5 Å². The second-order valence-electron chi connectivity index (χ2n) is 3.44. The van der Waals surface area contributed by atoms with Crippen LogP contribution in [0.25, 0.3) is 6.08 Å². The molecular weight excluding hydrogens is 242 g/mol. The lowest BCUT2D eigenvalue weighted by Crippen LogP contribution is -2.24.